The Labute approximate surface area is 147 Å². The molecule has 7 nitrogen and oxygen atoms in total. The van der Waals surface area contributed by atoms with Crippen LogP contribution in [0.3, 0.4) is 0 Å². The Morgan fingerprint density at radius 1 is 1.20 bits per heavy atom. The van der Waals surface area contributed by atoms with Gasteiger partial charge in [0.25, 0.3) is 5.91 Å². The van der Waals surface area contributed by atoms with Gasteiger partial charge in [-0.25, -0.2) is 0 Å². The van der Waals surface area contributed by atoms with Crippen molar-refractivity contribution in [3.63, 3.8) is 0 Å². The fourth-order valence-corrected chi connectivity index (χ4v) is 2.61. The maximum Gasteiger partial charge on any atom is 0.308 e. The summed E-state index contributed by atoms with van der Waals surface area (Å²) in [5.74, 6) is 0.157. The first-order chi connectivity index (χ1) is 11.9. The number of amides is 1. The second-order valence-corrected chi connectivity index (χ2v) is 7.13. The minimum absolute atomic E-state index is 0.100. The van der Waals surface area contributed by atoms with Crippen molar-refractivity contribution in [3.05, 3.63) is 54.0 Å². The molecule has 0 radical (unpaired) electrons. The second-order valence-electron chi connectivity index (χ2n) is 5.27. The Morgan fingerprint density at radius 3 is 2.48 bits per heavy atom. The quantitative estimate of drug-likeness (QED) is 0.632. The highest BCUT2D eigenvalue weighted by Gasteiger charge is 2.18. The topological polar surface area (TPSA) is 86.0 Å². The SMILES string of the molecule is CCS(=O)(=O)Oc1ccc(CN(CCOC)C(=O)c2ccco2)cc1. The number of nitrogens with zero attached hydrogens (tertiary/aromatic N) is 1. The average molecular weight is 367 g/mol. The van der Waals surface area contributed by atoms with Crippen molar-refractivity contribution >= 4 is 16.0 Å². The summed E-state index contributed by atoms with van der Waals surface area (Å²) in [7, 11) is -1.99. The molecular formula is C17H21NO6S. The number of carbonyl (C=O) groups is 1. The van der Waals surface area contributed by atoms with E-state index in [0.29, 0.717) is 19.7 Å². The average Bonchev–Trinajstić information content (AvgIpc) is 3.14. The van der Waals surface area contributed by atoms with Crippen LogP contribution in [0, 0.1) is 0 Å². The van der Waals surface area contributed by atoms with Crippen molar-refractivity contribution in [1.82, 2.24) is 4.90 Å². The predicted molar refractivity (Wildman–Crippen MR) is 91.9 cm³/mol. The summed E-state index contributed by atoms with van der Waals surface area (Å²) in [4.78, 5) is 14.1. The molecule has 0 saturated heterocycles. The van der Waals surface area contributed by atoms with Gasteiger partial charge < -0.3 is 18.2 Å². The van der Waals surface area contributed by atoms with E-state index in [0.717, 1.165) is 5.56 Å². The summed E-state index contributed by atoms with van der Waals surface area (Å²) in [5, 5.41) is 0. The van der Waals surface area contributed by atoms with Gasteiger partial charge in [0, 0.05) is 20.2 Å². The van der Waals surface area contributed by atoms with Crippen LogP contribution in [-0.2, 0) is 21.4 Å². The summed E-state index contributed by atoms with van der Waals surface area (Å²) in [5.41, 5.74) is 0.831. The summed E-state index contributed by atoms with van der Waals surface area (Å²) in [6.45, 7) is 2.64. The number of hydrogen-bond acceptors (Lipinski definition) is 6. The van der Waals surface area contributed by atoms with Crippen LogP contribution in [0.5, 0.6) is 5.75 Å². The van der Waals surface area contributed by atoms with Crippen LogP contribution in [0.15, 0.2) is 47.1 Å². The molecule has 0 N–H and O–H groups in total. The van der Waals surface area contributed by atoms with Gasteiger partial charge in [-0.05, 0) is 36.8 Å². The molecule has 0 aliphatic carbocycles. The van der Waals surface area contributed by atoms with Crippen LogP contribution in [0.25, 0.3) is 0 Å². The van der Waals surface area contributed by atoms with Crippen molar-refractivity contribution in [1.29, 1.82) is 0 Å². The molecule has 2 rings (SSSR count). The highest BCUT2D eigenvalue weighted by molar-refractivity contribution is 7.87. The van der Waals surface area contributed by atoms with Gasteiger partial charge >= 0.3 is 10.1 Å². The first kappa shape index (κ1) is 19.0. The number of furan rings is 1. The molecule has 0 saturated carbocycles. The van der Waals surface area contributed by atoms with Crippen LogP contribution < -0.4 is 4.18 Å². The van der Waals surface area contributed by atoms with Crippen LogP contribution >= 0.6 is 0 Å². The zero-order valence-corrected chi connectivity index (χ0v) is 15.0. The molecule has 1 aromatic heterocycles. The largest absolute Gasteiger partial charge is 0.459 e. The number of benzene rings is 1. The number of hydrogen-bond donors (Lipinski definition) is 0. The molecule has 0 spiro atoms. The Morgan fingerprint density at radius 2 is 1.92 bits per heavy atom. The maximum atomic E-state index is 12.5. The monoisotopic (exact) mass is 367 g/mol. The van der Waals surface area contributed by atoms with Gasteiger partial charge in [0.15, 0.2) is 5.76 Å². The summed E-state index contributed by atoms with van der Waals surface area (Å²) in [6.07, 6.45) is 1.45. The number of methoxy groups -OCH3 is 1. The van der Waals surface area contributed by atoms with Gasteiger partial charge in [0.1, 0.15) is 5.75 Å². The van der Waals surface area contributed by atoms with Gasteiger partial charge in [0.05, 0.1) is 18.6 Å². The van der Waals surface area contributed by atoms with Gasteiger partial charge in [-0.15, -0.1) is 0 Å². The molecule has 136 valence electrons. The third kappa shape index (κ3) is 5.61. The number of ether oxygens (including phenoxy) is 1. The number of rotatable bonds is 9. The summed E-state index contributed by atoms with van der Waals surface area (Å²) < 4.78 is 38.1. The highest BCUT2D eigenvalue weighted by atomic mass is 32.2. The van der Waals surface area contributed by atoms with Crippen molar-refractivity contribution in [2.75, 3.05) is 26.0 Å². The van der Waals surface area contributed by atoms with E-state index in [1.807, 2.05) is 0 Å². The molecule has 0 aliphatic heterocycles. The zero-order valence-electron chi connectivity index (χ0n) is 14.2. The smallest absolute Gasteiger partial charge is 0.308 e. The molecule has 1 aromatic carbocycles. The molecule has 1 heterocycles. The molecule has 8 heteroatoms. The van der Waals surface area contributed by atoms with Gasteiger partial charge in [-0.2, -0.15) is 8.42 Å². The molecule has 2 aromatic rings. The Bertz CT molecular complexity index is 768. The molecule has 0 aliphatic rings. The van der Waals surface area contributed by atoms with Crippen LogP contribution in [0.4, 0.5) is 0 Å². The number of carbonyl (C=O) groups excluding carboxylic acids is 1. The predicted octanol–water partition coefficient (Wildman–Crippen LogP) is 2.30. The van der Waals surface area contributed by atoms with Crippen LogP contribution in [0.2, 0.25) is 0 Å². The normalized spacial score (nSPS) is 11.3. The van der Waals surface area contributed by atoms with E-state index in [1.54, 1.807) is 48.4 Å². The molecule has 1 amide bonds. The lowest BCUT2D eigenvalue weighted by Crippen LogP contribution is -2.33. The lowest BCUT2D eigenvalue weighted by Gasteiger charge is -2.21. The summed E-state index contributed by atoms with van der Waals surface area (Å²) in [6, 6.07) is 9.82. The zero-order chi connectivity index (χ0) is 18.3. The second kappa shape index (κ2) is 8.68. The standard InChI is InChI=1S/C17H21NO6S/c1-3-25(20,21)24-15-8-6-14(7-9-15)13-18(10-12-22-2)17(19)16-5-4-11-23-16/h4-9,11H,3,10,12-13H2,1-2H3. The van der Waals surface area contributed by atoms with Gasteiger partial charge in [-0.1, -0.05) is 12.1 Å². The molecule has 0 atom stereocenters. The van der Waals surface area contributed by atoms with E-state index in [1.165, 1.54) is 13.2 Å². The van der Waals surface area contributed by atoms with E-state index >= 15 is 0 Å². The first-order valence-electron chi connectivity index (χ1n) is 7.78. The Balaban J connectivity index is 2.09. The van der Waals surface area contributed by atoms with Crippen molar-refractivity contribution in [2.24, 2.45) is 0 Å². The van der Waals surface area contributed by atoms with Crippen molar-refractivity contribution < 1.29 is 26.5 Å². The molecule has 25 heavy (non-hydrogen) atoms. The van der Waals surface area contributed by atoms with Crippen molar-refractivity contribution in [3.8, 4) is 5.75 Å². The lowest BCUT2D eigenvalue weighted by molar-refractivity contribution is 0.0649. The van der Waals surface area contributed by atoms with E-state index in [9.17, 15) is 13.2 Å². The van der Waals surface area contributed by atoms with Gasteiger partial charge in [-0.3, -0.25) is 4.79 Å². The fraction of sp³-hybridized carbons (Fsp3) is 0.353. The minimum Gasteiger partial charge on any atom is -0.459 e. The van der Waals surface area contributed by atoms with E-state index in [4.69, 9.17) is 13.3 Å². The third-order valence-corrected chi connectivity index (χ3v) is 4.61. The highest BCUT2D eigenvalue weighted by Crippen LogP contribution is 2.17. The molecule has 0 fully saturated rings. The Hall–Kier alpha value is -2.32. The minimum atomic E-state index is -3.56. The van der Waals surface area contributed by atoms with E-state index in [-0.39, 0.29) is 23.2 Å². The van der Waals surface area contributed by atoms with E-state index < -0.39 is 10.1 Å². The van der Waals surface area contributed by atoms with E-state index in [2.05, 4.69) is 0 Å². The first-order valence-corrected chi connectivity index (χ1v) is 9.35. The Kier molecular flexibility index (Phi) is 6.60. The van der Waals surface area contributed by atoms with Crippen molar-refractivity contribution in [2.45, 2.75) is 13.5 Å². The lowest BCUT2D eigenvalue weighted by atomic mass is 10.2. The fourth-order valence-electron chi connectivity index (χ4n) is 2.09. The third-order valence-electron chi connectivity index (χ3n) is 3.46. The molecular weight excluding hydrogens is 346 g/mol. The van der Waals surface area contributed by atoms with Gasteiger partial charge in [0.2, 0.25) is 0 Å². The molecule has 0 unspecified atom stereocenters. The summed E-state index contributed by atoms with van der Waals surface area (Å²) >= 11 is 0. The van der Waals surface area contributed by atoms with Crippen LogP contribution in [0.1, 0.15) is 23.0 Å². The maximum absolute atomic E-state index is 12.5. The molecule has 0 bridgehead atoms. The van der Waals surface area contributed by atoms with Crippen LogP contribution in [-0.4, -0.2) is 45.2 Å².